The van der Waals surface area contributed by atoms with Crippen LogP contribution in [0.4, 0.5) is 0 Å². The quantitative estimate of drug-likeness (QED) is 0.667. The predicted octanol–water partition coefficient (Wildman–Crippen LogP) is 1.56. The highest BCUT2D eigenvalue weighted by Crippen LogP contribution is 2.20. The van der Waals surface area contributed by atoms with Crippen LogP contribution in [-0.2, 0) is 9.53 Å². The maximum absolute atomic E-state index is 11.5. The largest absolute Gasteiger partial charge is 0.376 e. The monoisotopic (exact) mass is 296 g/mol. The van der Waals surface area contributed by atoms with Gasteiger partial charge in [0.2, 0.25) is 5.91 Å². The summed E-state index contributed by atoms with van der Waals surface area (Å²) in [5.74, 6) is 0.863. The zero-order valence-corrected chi connectivity index (χ0v) is 12.7. The number of hydrogen-bond acceptors (Lipinski definition) is 4. The molecule has 4 nitrogen and oxygen atoms in total. The molecular formula is C12H25ClN2O2S. The molecule has 1 rings (SSSR count). The van der Waals surface area contributed by atoms with Crippen molar-refractivity contribution in [2.24, 2.45) is 5.73 Å². The van der Waals surface area contributed by atoms with Gasteiger partial charge < -0.3 is 15.8 Å². The third-order valence-electron chi connectivity index (χ3n) is 3.03. The molecule has 108 valence electrons. The highest BCUT2D eigenvalue weighted by Gasteiger charge is 2.15. The van der Waals surface area contributed by atoms with Crippen molar-refractivity contribution in [3.63, 3.8) is 0 Å². The zero-order chi connectivity index (χ0) is 12.5. The van der Waals surface area contributed by atoms with E-state index in [4.69, 9.17) is 10.5 Å². The first-order valence-corrected chi connectivity index (χ1v) is 7.77. The first-order chi connectivity index (χ1) is 8.24. The summed E-state index contributed by atoms with van der Waals surface area (Å²) in [5.41, 5.74) is 5.74. The number of halogens is 1. The van der Waals surface area contributed by atoms with Crippen LogP contribution < -0.4 is 11.1 Å². The summed E-state index contributed by atoms with van der Waals surface area (Å²) >= 11 is 1.71. The number of carbonyl (C=O) groups is 1. The maximum Gasteiger partial charge on any atom is 0.237 e. The van der Waals surface area contributed by atoms with E-state index in [1.54, 1.807) is 11.8 Å². The minimum atomic E-state index is -0.381. The van der Waals surface area contributed by atoms with Gasteiger partial charge in [-0.1, -0.05) is 12.8 Å². The van der Waals surface area contributed by atoms with E-state index in [1.165, 1.54) is 25.7 Å². The van der Waals surface area contributed by atoms with Crippen molar-refractivity contribution in [3.8, 4) is 0 Å². The minimum Gasteiger partial charge on any atom is -0.376 e. The van der Waals surface area contributed by atoms with E-state index in [-0.39, 0.29) is 24.4 Å². The average molecular weight is 297 g/mol. The van der Waals surface area contributed by atoms with Gasteiger partial charge in [-0.15, -0.1) is 12.4 Å². The number of rotatable bonds is 8. The Labute approximate surface area is 120 Å². The lowest BCUT2D eigenvalue weighted by molar-refractivity contribution is -0.122. The molecule has 0 aromatic rings. The number of nitrogens with two attached hydrogens (primary N) is 1. The number of hydrogen-bond donors (Lipinski definition) is 2. The van der Waals surface area contributed by atoms with Crippen molar-refractivity contribution in [2.45, 2.75) is 44.2 Å². The van der Waals surface area contributed by atoms with Crippen LogP contribution in [0.15, 0.2) is 0 Å². The van der Waals surface area contributed by atoms with Crippen LogP contribution in [0.1, 0.15) is 32.1 Å². The Balaban J connectivity index is 0.00000289. The van der Waals surface area contributed by atoms with Crippen molar-refractivity contribution >= 4 is 30.1 Å². The van der Waals surface area contributed by atoms with E-state index in [0.717, 1.165) is 12.2 Å². The van der Waals surface area contributed by atoms with Crippen molar-refractivity contribution in [1.82, 2.24) is 5.32 Å². The average Bonchev–Trinajstić information content (AvgIpc) is 2.84. The van der Waals surface area contributed by atoms with Gasteiger partial charge >= 0.3 is 0 Å². The third-order valence-corrected chi connectivity index (χ3v) is 3.67. The molecule has 18 heavy (non-hydrogen) atoms. The second-order valence-electron chi connectivity index (χ2n) is 4.46. The number of ether oxygens (including phenoxy) is 1. The fraction of sp³-hybridized carbons (Fsp3) is 0.917. The van der Waals surface area contributed by atoms with E-state index in [9.17, 15) is 4.79 Å². The van der Waals surface area contributed by atoms with Crippen LogP contribution in [0.2, 0.25) is 0 Å². The molecule has 0 spiro atoms. The molecule has 6 heteroatoms. The third kappa shape index (κ3) is 7.46. The van der Waals surface area contributed by atoms with Gasteiger partial charge in [0.05, 0.1) is 18.8 Å². The Morgan fingerprint density at radius 3 is 2.78 bits per heavy atom. The van der Waals surface area contributed by atoms with Crippen molar-refractivity contribution in [1.29, 1.82) is 0 Å². The van der Waals surface area contributed by atoms with Crippen LogP contribution >= 0.6 is 24.2 Å². The normalized spacial score (nSPS) is 17.2. The molecular weight excluding hydrogens is 272 g/mol. The molecule has 3 N–H and O–H groups in total. The van der Waals surface area contributed by atoms with Gasteiger partial charge in [-0.3, -0.25) is 4.79 Å². The maximum atomic E-state index is 11.5. The van der Waals surface area contributed by atoms with E-state index >= 15 is 0 Å². The van der Waals surface area contributed by atoms with Crippen LogP contribution in [0.3, 0.4) is 0 Å². The lowest BCUT2D eigenvalue weighted by atomic mass is 10.2. The van der Waals surface area contributed by atoms with E-state index < -0.39 is 0 Å². The summed E-state index contributed by atoms with van der Waals surface area (Å²) in [7, 11) is 0. The van der Waals surface area contributed by atoms with Crippen LogP contribution in [0.5, 0.6) is 0 Å². The number of carbonyl (C=O) groups excluding carboxylic acids is 1. The highest BCUT2D eigenvalue weighted by molar-refractivity contribution is 7.98. The van der Waals surface area contributed by atoms with Crippen molar-refractivity contribution in [2.75, 3.05) is 25.2 Å². The number of amides is 1. The molecule has 0 bridgehead atoms. The summed E-state index contributed by atoms with van der Waals surface area (Å²) < 4.78 is 5.65. The molecule has 1 amide bonds. The second kappa shape index (κ2) is 10.9. The summed E-state index contributed by atoms with van der Waals surface area (Å²) in [5, 5.41) is 2.82. The van der Waals surface area contributed by atoms with Crippen LogP contribution in [0.25, 0.3) is 0 Å². The lowest BCUT2D eigenvalue weighted by Crippen LogP contribution is -2.42. The standard InChI is InChI=1S/C12H24N2O2S.ClH/c1-17-9-6-11(13)12(15)14-7-8-16-10-4-2-3-5-10;/h10-11H,2-9,13H2,1H3,(H,14,15);1H/t11-;/m0./s1. The summed E-state index contributed by atoms with van der Waals surface area (Å²) in [6.45, 7) is 1.17. The smallest absolute Gasteiger partial charge is 0.237 e. The SMILES string of the molecule is CSCC[C@H](N)C(=O)NCCOC1CCCC1.Cl. The number of nitrogens with one attached hydrogen (secondary N) is 1. The minimum absolute atomic E-state index is 0. The van der Waals surface area contributed by atoms with Crippen LogP contribution in [-0.4, -0.2) is 43.2 Å². The predicted molar refractivity (Wildman–Crippen MR) is 79.4 cm³/mol. The molecule has 1 atom stereocenters. The first-order valence-electron chi connectivity index (χ1n) is 6.38. The Kier molecular flexibility index (Phi) is 10.9. The molecule has 0 aromatic carbocycles. The molecule has 0 aliphatic heterocycles. The van der Waals surface area contributed by atoms with Gasteiger partial charge in [0.1, 0.15) is 0 Å². The molecule has 0 heterocycles. The zero-order valence-electron chi connectivity index (χ0n) is 11.0. The lowest BCUT2D eigenvalue weighted by Gasteiger charge is -2.14. The Bertz CT molecular complexity index is 226. The van der Waals surface area contributed by atoms with Gasteiger partial charge in [-0.2, -0.15) is 11.8 Å². The topological polar surface area (TPSA) is 64.4 Å². The molecule has 1 saturated carbocycles. The highest BCUT2D eigenvalue weighted by atomic mass is 35.5. The molecule has 0 saturated heterocycles. The van der Waals surface area contributed by atoms with Gasteiger partial charge in [-0.05, 0) is 31.3 Å². The van der Waals surface area contributed by atoms with Gasteiger partial charge in [0.25, 0.3) is 0 Å². The van der Waals surface area contributed by atoms with Gasteiger partial charge in [0, 0.05) is 6.54 Å². The van der Waals surface area contributed by atoms with Crippen molar-refractivity contribution < 1.29 is 9.53 Å². The summed E-state index contributed by atoms with van der Waals surface area (Å²) in [6.07, 6.45) is 8.04. The molecule has 0 radical (unpaired) electrons. The Hall–Kier alpha value is 0.0300. The Morgan fingerprint density at radius 1 is 1.50 bits per heavy atom. The van der Waals surface area contributed by atoms with E-state index in [2.05, 4.69) is 5.32 Å². The van der Waals surface area contributed by atoms with Crippen LogP contribution in [0, 0.1) is 0 Å². The molecule has 0 aromatic heterocycles. The van der Waals surface area contributed by atoms with Gasteiger partial charge in [-0.25, -0.2) is 0 Å². The summed E-state index contributed by atoms with van der Waals surface area (Å²) in [6, 6.07) is -0.381. The molecule has 1 fully saturated rings. The van der Waals surface area contributed by atoms with E-state index in [0.29, 0.717) is 19.3 Å². The molecule has 0 unspecified atom stereocenters. The molecule has 1 aliphatic rings. The fourth-order valence-electron chi connectivity index (χ4n) is 1.96. The second-order valence-corrected chi connectivity index (χ2v) is 5.44. The first kappa shape index (κ1) is 18.0. The van der Waals surface area contributed by atoms with Crippen molar-refractivity contribution in [3.05, 3.63) is 0 Å². The summed E-state index contributed by atoms with van der Waals surface area (Å²) in [4.78, 5) is 11.5. The van der Waals surface area contributed by atoms with Gasteiger partial charge in [0.15, 0.2) is 0 Å². The van der Waals surface area contributed by atoms with E-state index in [1.807, 2.05) is 6.26 Å². The molecule has 1 aliphatic carbocycles. The Morgan fingerprint density at radius 2 is 2.17 bits per heavy atom. The number of thioether (sulfide) groups is 1. The fourth-order valence-corrected chi connectivity index (χ4v) is 2.45.